The summed E-state index contributed by atoms with van der Waals surface area (Å²) in [6, 6.07) is -0.301. The van der Waals surface area contributed by atoms with E-state index in [1.807, 2.05) is 0 Å². The molecule has 0 saturated carbocycles. The molecule has 1 saturated heterocycles. The fourth-order valence-electron chi connectivity index (χ4n) is 2.56. The first-order valence-corrected chi connectivity index (χ1v) is 6.78. The zero-order valence-electron chi connectivity index (χ0n) is 12.0. The van der Waals surface area contributed by atoms with Crippen LogP contribution in [0.5, 0.6) is 0 Å². The normalized spacial score (nSPS) is 20.5. The van der Waals surface area contributed by atoms with Crippen LogP contribution in [-0.4, -0.2) is 47.6 Å². The molecule has 0 spiro atoms. The van der Waals surface area contributed by atoms with Gasteiger partial charge in [-0.05, 0) is 26.3 Å². The number of aryl methyl sites for hydroxylation is 2. The Morgan fingerprint density at radius 3 is 2.76 bits per heavy atom. The molecule has 2 heterocycles. The monoisotopic (exact) mass is 305 g/mol. The Hall–Kier alpha value is -1.57. The molecule has 1 atom stereocenters. The number of hydrogen-bond donors (Lipinski definition) is 1. The van der Waals surface area contributed by atoms with Gasteiger partial charge in [0.25, 0.3) is 5.91 Å². The van der Waals surface area contributed by atoms with Gasteiger partial charge >= 0.3 is 6.18 Å². The number of rotatable bonds is 3. The summed E-state index contributed by atoms with van der Waals surface area (Å²) in [5.41, 5.74) is 0.195. The van der Waals surface area contributed by atoms with Gasteiger partial charge in [0.05, 0.1) is 6.54 Å². The van der Waals surface area contributed by atoms with E-state index in [1.165, 1.54) is 4.90 Å². The Morgan fingerprint density at radius 1 is 1.48 bits per heavy atom. The summed E-state index contributed by atoms with van der Waals surface area (Å²) in [5, 5.41) is 2.73. The van der Waals surface area contributed by atoms with Crippen molar-refractivity contribution in [1.82, 2.24) is 15.2 Å². The highest BCUT2D eigenvalue weighted by molar-refractivity contribution is 5.93. The van der Waals surface area contributed by atoms with Crippen molar-refractivity contribution in [2.45, 2.75) is 38.9 Å². The molecule has 118 valence electrons. The number of halogens is 3. The number of aromatic nitrogens is 1. The van der Waals surface area contributed by atoms with Crippen LogP contribution in [0, 0.1) is 13.8 Å². The van der Waals surface area contributed by atoms with Crippen molar-refractivity contribution >= 4 is 5.91 Å². The topological polar surface area (TPSA) is 58.4 Å². The maximum atomic E-state index is 12.4. The molecule has 1 aliphatic heterocycles. The minimum absolute atomic E-state index is 0.195. The third kappa shape index (κ3) is 4.45. The smallest absolute Gasteiger partial charge is 0.401 e. The number of carbonyl (C=O) groups excluding carboxylic acids is 1. The molecule has 5 nitrogen and oxygen atoms in total. The van der Waals surface area contributed by atoms with Crippen molar-refractivity contribution < 1.29 is 22.4 Å². The van der Waals surface area contributed by atoms with Gasteiger partial charge < -0.3 is 9.73 Å². The molecular weight excluding hydrogens is 287 g/mol. The van der Waals surface area contributed by atoms with Crippen molar-refractivity contribution in [2.75, 3.05) is 19.6 Å². The van der Waals surface area contributed by atoms with E-state index in [0.717, 1.165) is 0 Å². The lowest BCUT2D eigenvalue weighted by Crippen LogP contribution is -2.50. The maximum absolute atomic E-state index is 12.4. The van der Waals surface area contributed by atoms with Crippen molar-refractivity contribution in [1.29, 1.82) is 0 Å². The van der Waals surface area contributed by atoms with Crippen molar-refractivity contribution in [3.63, 3.8) is 0 Å². The SMILES string of the molecule is Cc1nc(C(=O)NC2CCCN(CC(F)(F)F)C2)c(C)o1. The summed E-state index contributed by atoms with van der Waals surface area (Å²) in [6.07, 6.45) is -2.93. The largest absolute Gasteiger partial charge is 0.445 e. The summed E-state index contributed by atoms with van der Waals surface area (Å²) in [7, 11) is 0. The number of likely N-dealkylation sites (tertiary alicyclic amines) is 1. The second-order valence-electron chi connectivity index (χ2n) is 5.30. The lowest BCUT2D eigenvalue weighted by Gasteiger charge is -2.33. The van der Waals surface area contributed by atoms with Crippen molar-refractivity contribution in [3.05, 3.63) is 17.3 Å². The minimum atomic E-state index is -4.22. The lowest BCUT2D eigenvalue weighted by molar-refractivity contribution is -0.148. The number of alkyl halides is 3. The predicted molar refractivity (Wildman–Crippen MR) is 69.0 cm³/mol. The summed E-state index contributed by atoms with van der Waals surface area (Å²) in [6.45, 7) is 2.91. The van der Waals surface area contributed by atoms with Crippen molar-refractivity contribution in [3.8, 4) is 0 Å². The maximum Gasteiger partial charge on any atom is 0.401 e. The summed E-state index contributed by atoms with van der Waals surface area (Å²) >= 11 is 0. The summed E-state index contributed by atoms with van der Waals surface area (Å²) in [4.78, 5) is 17.4. The molecular formula is C13H18F3N3O2. The Labute approximate surface area is 120 Å². The molecule has 1 N–H and O–H groups in total. The summed E-state index contributed by atoms with van der Waals surface area (Å²) in [5.74, 6) is 0.399. The molecule has 2 rings (SSSR count). The molecule has 0 radical (unpaired) electrons. The van der Waals surface area contributed by atoms with E-state index in [0.29, 0.717) is 31.0 Å². The first-order valence-electron chi connectivity index (χ1n) is 6.78. The highest BCUT2D eigenvalue weighted by atomic mass is 19.4. The van der Waals surface area contributed by atoms with Gasteiger partial charge in [0.15, 0.2) is 11.6 Å². The number of nitrogens with one attached hydrogen (secondary N) is 1. The minimum Gasteiger partial charge on any atom is -0.445 e. The number of hydrogen-bond acceptors (Lipinski definition) is 4. The zero-order valence-corrected chi connectivity index (χ0v) is 12.0. The number of oxazole rings is 1. The third-order valence-corrected chi connectivity index (χ3v) is 3.36. The van der Waals surface area contributed by atoms with E-state index in [1.54, 1.807) is 13.8 Å². The number of nitrogens with zero attached hydrogens (tertiary/aromatic N) is 2. The predicted octanol–water partition coefficient (Wildman–Crippen LogP) is 2.05. The molecule has 1 aromatic rings. The van der Waals surface area contributed by atoms with Gasteiger partial charge in [0.1, 0.15) is 5.76 Å². The van der Waals surface area contributed by atoms with Gasteiger partial charge in [-0.2, -0.15) is 13.2 Å². The van der Waals surface area contributed by atoms with Crippen LogP contribution in [0.1, 0.15) is 35.0 Å². The highest BCUT2D eigenvalue weighted by Crippen LogP contribution is 2.20. The molecule has 1 aromatic heterocycles. The van der Waals surface area contributed by atoms with Gasteiger partial charge in [-0.15, -0.1) is 0 Å². The molecule has 1 fully saturated rings. The Morgan fingerprint density at radius 2 is 2.19 bits per heavy atom. The third-order valence-electron chi connectivity index (χ3n) is 3.36. The second kappa shape index (κ2) is 6.05. The molecule has 8 heteroatoms. The second-order valence-corrected chi connectivity index (χ2v) is 5.30. The fourth-order valence-corrected chi connectivity index (χ4v) is 2.56. The van der Waals surface area contributed by atoms with Crippen molar-refractivity contribution in [2.24, 2.45) is 0 Å². The number of piperidine rings is 1. The fraction of sp³-hybridized carbons (Fsp3) is 0.692. The summed E-state index contributed by atoms with van der Waals surface area (Å²) < 4.78 is 42.4. The Bertz CT molecular complexity index is 513. The molecule has 0 aliphatic carbocycles. The van der Waals surface area contributed by atoms with Crippen LogP contribution in [0.3, 0.4) is 0 Å². The van der Waals surface area contributed by atoms with Crippen LogP contribution < -0.4 is 5.32 Å². The van der Waals surface area contributed by atoms with Crippen LogP contribution in [0.25, 0.3) is 0 Å². The molecule has 1 amide bonds. The lowest BCUT2D eigenvalue weighted by atomic mass is 10.1. The van der Waals surface area contributed by atoms with Gasteiger partial charge in [0.2, 0.25) is 0 Å². The van der Waals surface area contributed by atoms with E-state index < -0.39 is 18.6 Å². The molecule has 0 aromatic carbocycles. The average Bonchev–Trinajstić information content (AvgIpc) is 2.66. The van der Waals surface area contributed by atoms with E-state index in [4.69, 9.17) is 4.42 Å². The van der Waals surface area contributed by atoms with Gasteiger partial charge in [-0.1, -0.05) is 0 Å². The molecule has 0 bridgehead atoms. The van der Waals surface area contributed by atoms with Crippen LogP contribution >= 0.6 is 0 Å². The van der Waals surface area contributed by atoms with Crippen LogP contribution in [-0.2, 0) is 0 Å². The molecule has 21 heavy (non-hydrogen) atoms. The van der Waals surface area contributed by atoms with Crippen LogP contribution in [0.4, 0.5) is 13.2 Å². The van der Waals surface area contributed by atoms with E-state index in [-0.39, 0.29) is 18.3 Å². The Kier molecular flexibility index (Phi) is 4.55. The average molecular weight is 305 g/mol. The van der Waals surface area contributed by atoms with Crippen LogP contribution in [0.15, 0.2) is 4.42 Å². The number of carbonyl (C=O) groups is 1. The molecule has 1 aliphatic rings. The highest BCUT2D eigenvalue weighted by Gasteiger charge is 2.33. The number of amides is 1. The first-order chi connectivity index (χ1) is 9.74. The Balaban J connectivity index is 1.93. The van der Waals surface area contributed by atoms with E-state index in [2.05, 4.69) is 10.3 Å². The van der Waals surface area contributed by atoms with Gasteiger partial charge in [0, 0.05) is 19.5 Å². The first kappa shape index (κ1) is 15.8. The van der Waals surface area contributed by atoms with Crippen LogP contribution in [0.2, 0.25) is 0 Å². The van der Waals surface area contributed by atoms with E-state index in [9.17, 15) is 18.0 Å². The van der Waals surface area contributed by atoms with Gasteiger partial charge in [-0.3, -0.25) is 9.69 Å². The van der Waals surface area contributed by atoms with Gasteiger partial charge in [-0.25, -0.2) is 4.98 Å². The van der Waals surface area contributed by atoms with E-state index >= 15 is 0 Å². The zero-order chi connectivity index (χ0) is 15.6. The standard InChI is InChI=1S/C13H18F3N3O2/c1-8-11(17-9(2)21-8)12(20)18-10-4-3-5-19(6-10)7-13(14,15)16/h10H,3-7H2,1-2H3,(H,18,20). The quantitative estimate of drug-likeness (QED) is 0.928. The molecule has 1 unspecified atom stereocenters.